The standard InChI is InChI=1S/C18H24N2O4S/c1-4-5-10-15(18(21)22)19-25(23,24)17-12-7-8-13-14(17)9-6-11-16(13)20(2)3/h6-9,11-12,15,19H,4-5,10H2,1-3H3,(H,21,22)/t15-/m1/s1. The van der Waals surface area contributed by atoms with Gasteiger partial charge in [-0.1, -0.05) is 44.0 Å². The number of fused-ring (bicyclic) bond motifs is 1. The van der Waals surface area contributed by atoms with E-state index in [0.717, 1.165) is 17.5 Å². The lowest BCUT2D eigenvalue weighted by Crippen LogP contribution is -2.40. The molecule has 6 nitrogen and oxygen atoms in total. The second-order valence-electron chi connectivity index (χ2n) is 6.18. The number of carbonyl (C=O) groups is 1. The fourth-order valence-corrected chi connectivity index (χ4v) is 4.23. The Kier molecular flexibility index (Phi) is 6.02. The molecule has 0 aliphatic rings. The Morgan fingerprint density at radius 2 is 1.80 bits per heavy atom. The highest BCUT2D eigenvalue weighted by Gasteiger charge is 2.26. The summed E-state index contributed by atoms with van der Waals surface area (Å²) < 4.78 is 28.0. The molecule has 1 atom stereocenters. The van der Waals surface area contributed by atoms with E-state index in [1.165, 1.54) is 6.07 Å². The van der Waals surface area contributed by atoms with E-state index in [0.29, 0.717) is 11.8 Å². The van der Waals surface area contributed by atoms with E-state index in [4.69, 9.17) is 0 Å². The van der Waals surface area contributed by atoms with Crippen molar-refractivity contribution in [3.8, 4) is 0 Å². The topological polar surface area (TPSA) is 86.7 Å². The van der Waals surface area contributed by atoms with E-state index >= 15 is 0 Å². The van der Waals surface area contributed by atoms with Gasteiger partial charge in [-0.2, -0.15) is 4.72 Å². The lowest BCUT2D eigenvalue weighted by atomic mass is 10.1. The molecule has 0 saturated heterocycles. The molecule has 0 radical (unpaired) electrons. The summed E-state index contributed by atoms with van der Waals surface area (Å²) in [5.74, 6) is -1.16. The van der Waals surface area contributed by atoms with Gasteiger partial charge in [0, 0.05) is 30.6 Å². The monoisotopic (exact) mass is 364 g/mol. The minimum absolute atomic E-state index is 0.0939. The van der Waals surface area contributed by atoms with Gasteiger partial charge in [0.15, 0.2) is 0 Å². The highest BCUT2D eigenvalue weighted by molar-refractivity contribution is 7.89. The molecule has 0 saturated carbocycles. The summed E-state index contributed by atoms with van der Waals surface area (Å²) in [6, 6.07) is 9.34. The number of hydrogen-bond donors (Lipinski definition) is 2. The number of carboxylic acid groups (broad SMARTS) is 1. The molecule has 7 heteroatoms. The molecule has 0 bridgehead atoms. The molecular formula is C18H24N2O4S. The predicted molar refractivity (Wildman–Crippen MR) is 99.5 cm³/mol. The van der Waals surface area contributed by atoms with Gasteiger partial charge in [-0.25, -0.2) is 8.42 Å². The first-order chi connectivity index (χ1) is 11.8. The van der Waals surface area contributed by atoms with Crippen LogP contribution >= 0.6 is 0 Å². The van der Waals surface area contributed by atoms with Crippen molar-refractivity contribution in [2.24, 2.45) is 0 Å². The van der Waals surface area contributed by atoms with Crippen molar-refractivity contribution in [3.63, 3.8) is 0 Å². The Morgan fingerprint density at radius 3 is 2.40 bits per heavy atom. The molecule has 0 heterocycles. The van der Waals surface area contributed by atoms with Crippen LogP contribution in [0.5, 0.6) is 0 Å². The van der Waals surface area contributed by atoms with Crippen molar-refractivity contribution in [1.82, 2.24) is 4.72 Å². The fraction of sp³-hybridized carbons (Fsp3) is 0.389. The fourth-order valence-electron chi connectivity index (χ4n) is 2.78. The van der Waals surface area contributed by atoms with Crippen LogP contribution in [0, 0.1) is 0 Å². The lowest BCUT2D eigenvalue weighted by molar-refractivity contribution is -0.139. The average Bonchev–Trinajstić information content (AvgIpc) is 2.57. The third kappa shape index (κ3) is 4.29. The van der Waals surface area contributed by atoms with Crippen LogP contribution in [0.15, 0.2) is 41.3 Å². The molecule has 0 spiro atoms. The molecule has 2 aromatic carbocycles. The SMILES string of the molecule is CCCC[C@@H](NS(=O)(=O)c1cccc2c(N(C)C)cccc12)C(=O)O. The van der Waals surface area contributed by atoms with E-state index in [1.807, 2.05) is 38.1 Å². The third-order valence-corrected chi connectivity index (χ3v) is 5.60. The maximum atomic E-state index is 12.8. The van der Waals surface area contributed by atoms with Crippen molar-refractivity contribution in [2.75, 3.05) is 19.0 Å². The quantitative estimate of drug-likeness (QED) is 0.752. The number of nitrogens with zero attached hydrogens (tertiary/aromatic N) is 1. The molecule has 0 amide bonds. The first-order valence-corrected chi connectivity index (χ1v) is 9.70. The molecule has 0 unspecified atom stereocenters. The van der Waals surface area contributed by atoms with Crippen LogP contribution in [0.4, 0.5) is 5.69 Å². The van der Waals surface area contributed by atoms with Crippen molar-refractivity contribution < 1.29 is 18.3 Å². The highest BCUT2D eigenvalue weighted by atomic mass is 32.2. The van der Waals surface area contributed by atoms with Crippen molar-refractivity contribution in [3.05, 3.63) is 36.4 Å². The Morgan fingerprint density at radius 1 is 1.16 bits per heavy atom. The number of rotatable bonds is 8. The Bertz CT molecular complexity index is 863. The minimum atomic E-state index is -3.95. The van der Waals surface area contributed by atoms with Crippen LogP contribution in [-0.2, 0) is 14.8 Å². The van der Waals surface area contributed by atoms with E-state index in [9.17, 15) is 18.3 Å². The summed E-state index contributed by atoms with van der Waals surface area (Å²) >= 11 is 0. The van der Waals surface area contributed by atoms with Gasteiger partial charge in [-0.3, -0.25) is 4.79 Å². The van der Waals surface area contributed by atoms with E-state index < -0.39 is 22.0 Å². The number of aliphatic carboxylic acids is 1. The van der Waals surface area contributed by atoms with Crippen LogP contribution in [0.25, 0.3) is 10.8 Å². The van der Waals surface area contributed by atoms with Crippen LogP contribution in [0.1, 0.15) is 26.2 Å². The molecule has 2 rings (SSSR count). The zero-order chi connectivity index (χ0) is 18.6. The van der Waals surface area contributed by atoms with Crippen LogP contribution in [0.3, 0.4) is 0 Å². The van der Waals surface area contributed by atoms with Gasteiger partial charge in [-0.05, 0) is 18.6 Å². The summed E-state index contributed by atoms with van der Waals surface area (Å²) in [6.07, 6.45) is 1.70. The summed E-state index contributed by atoms with van der Waals surface area (Å²) in [6.45, 7) is 1.93. The molecule has 0 aromatic heterocycles. The summed E-state index contributed by atoms with van der Waals surface area (Å²) in [4.78, 5) is 13.4. The number of carboxylic acids is 1. The average molecular weight is 364 g/mol. The first-order valence-electron chi connectivity index (χ1n) is 8.22. The summed E-state index contributed by atoms with van der Waals surface area (Å²) in [5, 5.41) is 10.7. The Hall–Kier alpha value is -2.12. The molecule has 2 aromatic rings. The zero-order valence-corrected chi connectivity index (χ0v) is 15.5. The first kappa shape index (κ1) is 19.2. The van der Waals surface area contributed by atoms with Gasteiger partial charge in [0.2, 0.25) is 10.0 Å². The van der Waals surface area contributed by atoms with E-state index in [1.54, 1.807) is 18.2 Å². The lowest BCUT2D eigenvalue weighted by Gasteiger charge is -2.18. The Labute approximate surface area is 148 Å². The summed E-state index contributed by atoms with van der Waals surface area (Å²) in [7, 11) is -0.177. The van der Waals surface area contributed by atoms with Crippen LogP contribution in [0.2, 0.25) is 0 Å². The predicted octanol–water partition coefficient (Wildman–Crippen LogP) is 2.83. The minimum Gasteiger partial charge on any atom is -0.480 e. The molecule has 25 heavy (non-hydrogen) atoms. The third-order valence-electron chi connectivity index (χ3n) is 4.07. The van der Waals surface area contributed by atoms with Gasteiger partial charge in [-0.15, -0.1) is 0 Å². The molecule has 0 aliphatic heterocycles. The van der Waals surface area contributed by atoms with Gasteiger partial charge in [0.25, 0.3) is 0 Å². The number of nitrogens with one attached hydrogen (secondary N) is 1. The molecule has 2 N–H and O–H groups in total. The van der Waals surface area contributed by atoms with Crippen molar-refractivity contribution in [2.45, 2.75) is 37.1 Å². The molecule has 0 aliphatic carbocycles. The summed E-state index contributed by atoms with van der Waals surface area (Å²) in [5.41, 5.74) is 0.898. The number of hydrogen-bond acceptors (Lipinski definition) is 4. The zero-order valence-electron chi connectivity index (χ0n) is 14.7. The van der Waals surface area contributed by atoms with Crippen molar-refractivity contribution >= 4 is 32.5 Å². The number of anilines is 1. The second-order valence-corrected chi connectivity index (χ2v) is 7.86. The van der Waals surface area contributed by atoms with E-state index in [-0.39, 0.29) is 11.3 Å². The van der Waals surface area contributed by atoms with Gasteiger partial charge in [0.05, 0.1) is 4.90 Å². The second kappa shape index (κ2) is 7.84. The highest BCUT2D eigenvalue weighted by Crippen LogP contribution is 2.30. The molecular weight excluding hydrogens is 340 g/mol. The normalized spacial score (nSPS) is 12.9. The number of benzene rings is 2. The van der Waals surface area contributed by atoms with Crippen LogP contribution < -0.4 is 9.62 Å². The van der Waals surface area contributed by atoms with Crippen molar-refractivity contribution in [1.29, 1.82) is 0 Å². The maximum Gasteiger partial charge on any atom is 0.321 e. The maximum absolute atomic E-state index is 12.8. The van der Waals surface area contributed by atoms with E-state index in [2.05, 4.69) is 4.72 Å². The number of sulfonamides is 1. The largest absolute Gasteiger partial charge is 0.480 e. The number of unbranched alkanes of at least 4 members (excludes halogenated alkanes) is 1. The van der Waals surface area contributed by atoms with Gasteiger partial charge >= 0.3 is 5.97 Å². The molecule has 136 valence electrons. The smallest absolute Gasteiger partial charge is 0.321 e. The molecule has 0 fully saturated rings. The van der Waals surface area contributed by atoms with Gasteiger partial charge in [0.1, 0.15) is 6.04 Å². The van der Waals surface area contributed by atoms with Gasteiger partial charge < -0.3 is 10.0 Å². The Balaban J connectivity index is 2.49. The van der Waals surface area contributed by atoms with Crippen LogP contribution in [-0.4, -0.2) is 39.6 Å².